The van der Waals surface area contributed by atoms with E-state index in [1.54, 1.807) is 7.05 Å². The normalized spacial score (nSPS) is 12.1. The first-order valence-corrected chi connectivity index (χ1v) is 6.83. The van der Waals surface area contributed by atoms with E-state index < -0.39 is 5.41 Å². The molecule has 19 heavy (non-hydrogen) atoms. The SMILES string of the molecule is CNC(=O)C(C)(C)CNC(=O)CCC(C)(C)CCN. The van der Waals surface area contributed by atoms with Gasteiger partial charge in [0, 0.05) is 20.0 Å². The average Bonchev–Trinajstić information content (AvgIpc) is 2.33. The van der Waals surface area contributed by atoms with Crippen LogP contribution in [0.2, 0.25) is 0 Å². The molecule has 0 spiro atoms. The summed E-state index contributed by atoms with van der Waals surface area (Å²) in [5, 5.41) is 5.42. The van der Waals surface area contributed by atoms with Crippen molar-refractivity contribution in [1.29, 1.82) is 0 Å². The molecular formula is C14H29N3O2. The number of carbonyl (C=O) groups excluding carboxylic acids is 2. The van der Waals surface area contributed by atoms with Crippen molar-refractivity contribution in [3.8, 4) is 0 Å². The summed E-state index contributed by atoms with van der Waals surface area (Å²) in [5.41, 5.74) is 5.04. The maximum atomic E-state index is 11.8. The van der Waals surface area contributed by atoms with E-state index in [2.05, 4.69) is 24.5 Å². The zero-order valence-electron chi connectivity index (χ0n) is 12.9. The first-order valence-electron chi connectivity index (χ1n) is 6.83. The molecule has 0 saturated carbocycles. The van der Waals surface area contributed by atoms with Gasteiger partial charge in [-0.15, -0.1) is 0 Å². The van der Waals surface area contributed by atoms with E-state index in [0.29, 0.717) is 19.5 Å². The van der Waals surface area contributed by atoms with Crippen molar-refractivity contribution in [2.75, 3.05) is 20.1 Å². The van der Waals surface area contributed by atoms with Crippen LogP contribution < -0.4 is 16.4 Å². The van der Waals surface area contributed by atoms with E-state index in [1.165, 1.54) is 0 Å². The summed E-state index contributed by atoms with van der Waals surface area (Å²) in [6.45, 7) is 8.83. The highest BCUT2D eigenvalue weighted by Crippen LogP contribution is 2.25. The topological polar surface area (TPSA) is 84.2 Å². The zero-order chi connectivity index (χ0) is 15.1. The van der Waals surface area contributed by atoms with Crippen molar-refractivity contribution in [2.45, 2.75) is 47.0 Å². The van der Waals surface area contributed by atoms with E-state index in [1.807, 2.05) is 13.8 Å². The molecule has 2 amide bonds. The molecule has 0 aliphatic heterocycles. The minimum absolute atomic E-state index is 0.0120. The van der Waals surface area contributed by atoms with Crippen LogP contribution >= 0.6 is 0 Å². The molecule has 0 aliphatic carbocycles. The predicted molar refractivity (Wildman–Crippen MR) is 77.5 cm³/mol. The van der Waals surface area contributed by atoms with Crippen molar-refractivity contribution in [2.24, 2.45) is 16.6 Å². The minimum Gasteiger partial charge on any atom is -0.359 e. The summed E-state index contributed by atoms with van der Waals surface area (Å²) in [5.74, 6) is -0.0849. The molecule has 0 radical (unpaired) electrons. The Hall–Kier alpha value is -1.10. The lowest BCUT2D eigenvalue weighted by molar-refractivity contribution is -0.129. The third-order valence-corrected chi connectivity index (χ3v) is 3.42. The quantitative estimate of drug-likeness (QED) is 0.616. The summed E-state index contributed by atoms with van der Waals surface area (Å²) in [7, 11) is 1.60. The summed E-state index contributed by atoms with van der Waals surface area (Å²) in [6.07, 6.45) is 2.18. The molecule has 0 aliphatic rings. The van der Waals surface area contributed by atoms with Gasteiger partial charge in [-0.3, -0.25) is 9.59 Å². The van der Waals surface area contributed by atoms with E-state index in [4.69, 9.17) is 5.73 Å². The molecule has 0 unspecified atom stereocenters. The van der Waals surface area contributed by atoms with Crippen LogP contribution in [0.25, 0.3) is 0 Å². The van der Waals surface area contributed by atoms with Crippen LogP contribution in [0.4, 0.5) is 0 Å². The van der Waals surface area contributed by atoms with Gasteiger partial charge in [-0.2, -0.15) is 0 Å². The Morgan fingerprint density at radius 1 is 1.11 bits per heavy atom. The van der Waals surface area contributed by atoms with Gasteiger partial charge in [-0.25, -0.2) is 0 Å². The second kappa shape index (κ2) is 7.48. The lowest BCUT2D eigenvalue weighted by Gasteiger charge is -2.25. The lowest BCUT2D eigenvalue weighted by atomic mass is 9.84. The maximum Gasteiger partial charge on any atom is 0.227 e. The maximum absolute atomic E-state index is 11.8. The van der Waals surface area contributed by atoms with E-state index in [0.717, 1.165) is 12.8 Å². The first-order chi connectivity index (χ1) is 8.64. The Kier molecular flexibility index (Phi) is 7.05. The summed E-state index contributed by atoms with van der Waals surface area (Å²) >= 11 is 0. The molecule has 0 fully saturated rings. The van der Waals surface area contributed by atoms with E-state index >= 15 is 0 Å². The van der Waals surface area contributed by atoms with Gasteiger partial charge in [0.2, 0.25) is 11.8 Å². The molecule has 0 aromatic carbocycles. The third-order valence-electron chi connectivity index (χ3n) is 3.42. The van der Waals surface area contributed by atoms with Crippen LogP contribution in [-0.4, -0.2) is 32.0 Å². The van der Waals surface area contributed by atoms with Crippen molar-refractivity contribution in [1.82, 2.24) is 10.6 Å². The number of amides is 2. The van der Waals surface area contributed by atoms with Crippen molar-refractivity contribution in [3.05, 3.63) is 0 Å². The van der Waals surface area contributed by atoms with Gasteiger partial charge in [0.05, 0.1) is 5.41 Å². The van der Waals surface area contributed by atoms with E-state index in [9.17, 15) is 9.59 Å². The molecule has 4 N–H and O–H groups in total. The predicted octanol–water partition coefficient (Wildman–Crippen LogP) is 1.03. The van der Waals surface area contributed by atoms with Crippen LogP contribution in [0.5, 0.6) is 0 Å². The van der Waals surface area contributed by atoms with Gasteiger partial charge in [0.15, 0.2) is 0 Å². The van der Waals surface area contributed by atoms with E-state index in [-0.39, 0.29) is 17.2 Å². The average molecular weight is 271 g/mol. The van der Waals surface area contributed by atoms with Crippen LogP contribution in [-0.2, 0) is 9.59 Å². The second-order valence-electron chi connectivity index (χ2n) is 6.44. The second-order valence-corrected chi connectivity index (χ2v) is 6.44. The molecule has 0 aromatic rings. The number of rotatable bonds is 8. The number of hydrogen-bond donors (Lipinski definition) is 3. The van der Waals surface area contributed by atoms with Gasteiger partial charge in [0.25, 0.3) is 0 Å². The third kappa shape index (κ3) is 7.15. The molecule has 0 bridgehead atoms. The summed E-state index contributed by atoms with van der Waals surface area (Å²) < 4.78 is 0. The highest BCUT2D eigenvalue weighted by atomic mass is 16.2. The Bertz CT molecular complexity index is 312. The van der Waals surface area contributed by atoms with Gasteiger partial charge < -0.3 is 16.4 Å². The molecule has 0 aromatic heterocycles. The molecule has 112 valence electrons. The smallest absolute Gasteiger partial charge is 0.227 e. The van der Waals surface area contributed by atoms with Gasteiger partial charge in [0.1, 0.15) is 0 Å². The monoisotopic (exact) mass is 271 g/mol. The Balaban J connectivity index is 4.10. The molecule has 0 heterocycles. The fourth-order valence-corrected chi connectivity index (χ4v) is 1.79. The van der Waals surface area contributed by atoms with Gasteiger partial charge >= 0.3 is 0 Å². The number of nitrogens with two attached hydrogens (primary N) is 1. The van der Waals surface area contributed by atoms with Crippen LogP contribution in [0, 0.1) is 10.8 Å². The molecule has 5 heteroatoms. The number of nitrogens with one attached hydrogen (secondary N) is 2. The van der Waals surface area contributed by atoms with Crippen molar-refractivity contribution in [3.63, 3.8) is 0 Å². The molecule has 5 nitrogen and oxygen atoms in total. The Morgan fingerprint density at radius 2 is 1.68 bits per heavy atom. The fraction of sp³-hybridized carbons (Fsp3) is 0.857. The Labute approximate surface area is 116 Å². The lowest BCUT2D eigenvalue weighted by Crippen LogP contribution is -2.43. The van der Waals surface area contributed by atoms with Crippen LogP contribution in [0.15, 0.2) is 0 Å². The highest BCUT2D eigenvalue weighted by molar-refractivity contribution is 5.83. The first kappa shape index (κ1) is 17.9. The van der Waals surface area contributed by atoms with Crippen molar-refractivity contribution < 1.29 is 9.59 Å². The largest absolute Gasteiger partial charge is 0.359 e. The summed E-state index contributed by atoms with van der Waals surface area (Å²) in [4.78, 5) is 23.3. The number of carbonyl (C=O) groups is 2. The minimum atomic E-state index is -0.586. The molecule has 0 saturated heterocycles. The van der Waals surface area contributed by atoms with Crippen LogP contribution in [0.1, 0.15) is 47.0 Å². The summed E-state index contributed by atoms with van der Waals surface area (Å²) in [6, 6.07) is 0. The van der Waals surface area contributed by atoms with Crippen molar-refractivity contribution >= 4 is 11.8 Å². The molecular weight excluding hydrogens is 242 g/mol. The number of hydrogen-bond acceptors (Lipinski definition) is 3. The van der Waals surface area contributed by atoms with Gasteiger partial charge in [-0.1, -0.05) is 13.8 Å². The standard InChI is InChI=1S/C14H29N3O2/c1-13(2,8-9-15)7-6-11(18)17-10-14(3,4)12(19)16-5/h6-10,15H2,1-5H3,(H,16,19)(H,17,18). The van der Waals surface area contributed by atoms with Crippen LogP contribution in [0.3, 0.4) is 0 Å². The fourth-order valence-electron chi connectivity index (χ4n) is 1.79. The molecule has 0 rings (SSSR count). The Morgan fingerprint density at radius 3 is 2.16 bits per heavy atom. The highest BCUT2D eigenvalue weighted by Gasteiger charge is 2.27. The zero-order valence-corrected chi connectivity index (χ0v) is 12.9. The van der Waals surface area contributed by atoms with Gasteiger partial charge in [-0.05, 0) is 38.6 Å². The molecule has 0 atom stereocenters.